The molecule has 0 saturated carbocycles. The van der Waals surface area contributed by atoms with E-state index in [4.69, 9.17) is 0 Å². The molecular weight excluding hydrogens is 150 g/mol. The van der Waals surface area contributed by atoms with Gasteiger partial charge in [-0.3, -0.25) is 0 Å². The molecule has 0 amide bonds. The Morgan fingerprint density at radius 1 is 1.60 bits per heavy atom. The second kappa shape index (κ2) is 5.14. The first-order valence-corrected chi connectivity index (χ1v) is 2.83. The highest BCUT2D eigenvalue weighted by Crippen LogP contribution is 1.87. The molecule has 4 heteroatoms. The van der Waals surface area contributed by atoms with Gasteiger partial charge in [-0.05, 0) is 13.1 Å². The zero-order valence-corrected chi connectivity index (χ0v) is 6.56. The van der Waals surface area contributed by atoms with Crippen molar-refractivity contribution in [3.63, 3.8) is 0 Å². The Labute approximate surface area is 66.3 Å². The highest BCUT2D eigenvalue weighted by molar-refractivity contribution is 5.85. The van der Waals surface area contributed by atoms with E-state index in [1.807, 2.05) is 13.1 Å². The summed E-state index contributed by atoms with van der Waals surface area (Å²) in [7, 11) is 1.89. The molecule has 0 aliphatic heterocycles. The molecule has 0 radical (unpaired) electrons. The molecule has 0 bridgehead atoms. The van der Waals surface area contributed by atoms with Crippen LogP contribution in [0, 0.1) is 0 Å². The number of halogens is 1. The standard InChI is InChI=1S/C6H9N3.ClH/c1-7-4-6-2-3-8-5-9-6;/h2-3,5,7H,4H2,1H3;1H. The molecular formula is C6H10ClN3. The third-order valence-electron chi connectivity index (χ3n) is 1.00. The first-order valence-electron chi connectivity index (χ1n) is 2.83. The molecule has 56 valence electrons. The van der Waals surface area contributed by atoms with Crippen LogP contribution in [0.3, 0.4) is 0 Å². The summed E-state index contributed by atoms with van der Waals surface area (Å²) >= 11 is 0. The molecule has 0 saturated heterocycles. The molecule has 0 aliphatic carbocycles. The number of hydrogen-bond donors (Lipinski definition) is 1. The monoisotopic (exact) mass is 159 g/mol. The molecule has 1 rings (SSSR count). The molecule has 0 aliphatic rings. The highest BCUT2D eigenvalue weighted by atomic mass is 35.5. The minimum Gasteiger partial charge on any atom is -0.314 e. The lowest BCUT2D eigenvalue weighted by atomic mass is 10.4. The molecule has 0 aromatic carbocycles. The molecule has 10 heavy (non-hydrogen) atoms. The first kappa shape index (κ1) is 9.33. The number of nitrogens with zero attached hydrogens (tertiary/aromatic N) is 2. The maximum atomic E-state index is 3.99. The second-order valence-electron chi connectivity index (χ2n) is 1.73. The van der Waals surface area contributed by atoms with Gasteiger partial charge in [-0.25, -0.2) is 9.97 Å². The van der Waals surface area contributed by atoms with E-state index in [0.717, 1.165) is 12.2 Å². The van der Waals surface area contributed by atoms with E-state index in [9.17, 15) is 0 Å². The minimum absolute atomic E-state index is 0. The average Bonchev–Trinajstić information content (AvgIpc) is 1.91. The van der Waals surface area contributed by atoms with Crippen molar-refractivity contribution in [2.24, 2.45) is 0 Å². The van der Waals surface area contributed by atoms with Gasteiger partial charge in [-0.15, -0.1) is 12.4 Å². The fourth-order valence-electron chi connectivity index (χ4n) is 0.604. The Bertz CT molecular complexity index is 166. The maximum absolute atomic E-state index is 3.99. The zero-order valence-electron chi connectivity index (χ0n) is 5.74. The fourth-order valence-corrected chi connectivity index (χ4v) is 0.604. The molecule has 1 aromatic heterocycles. The van der Waals surface area contributed by atoms with Crippen LogP contribution in [-0.4, -0.2) is 17.0 Å². The van der Waals surface area contributed by atoms with Gasteiger partial charge in [0.25, 0.3) is 0 Å². The van der Waals surface area contributed by atoms with E-state index in [-0.39, 0.29) is 12.4 Å². The predicted molar refractivity (Wildman–Crippen MR) is 42.0 cm³/mol. The Hall–Kier alpha value is -0.670. The normalized spacial score (nSPS) is 8.50. The predicted octanol–water partition coefficient (Wildman–Crippen LogP) is 0.618. The summed E-state index contributed by atoms with van der Waals surface area (Å²) < 4.78 is 0. The number of hydrogen-bond acceptors (Lipinski definition) is 3. The van der Waals surface area contributed by atoms with Crippen LogP contribution in [0.4, 0.5) is 0 Å². The van der Waals surface area contributed by atoms with Crippen LogP contribution >= 0.6 is 12.4 Å². The summed E-state index contributed by atoms with van der Waals surface area (Å²) in [5.41, 5.74) is 1.02. The molecule has 3 nitrogen and oxygen atoms in total. The average molecular weight is 160 g/mol. The van der Waals surface area contributed by atoms with Gasteiger partial charge < -0.3 is 5.32 Å². The van der Waals surface area contributed by atoms with E-state index in [1.165, 1.54) is 0 Å². The topological polar surface area (TPSA) is 37.8 Å². The van der Waals surface area contributed by atoms with Crippen molar-refractivity contribution < 1.29 is 0 Å². The lowest BCUT2D eigenvalue weighted by Gasteiger charge is -1.94. The van der Waals surface area contributed by atoms with E-state index in [1.54, 1.807) is 12.5 Å². The molecule has 0 atom stereocenters. The summed E-state index contributed by atoms with van der Waals surface area (Å²) in [5.74, 6) is 0. The fraction of sp³-hybridized carbons (Fsp3) is 0.333. The zero-order chi connectivity index (χ0) is 6.53. The number of aromatic nitrogens is 2. The third-order valence-corrected chi connectivity index (χ3v) is 1.00. The Morgan fingerprint density at radius 2 is 2.40 bits per heavy atom. The number of nitrogens with one attached hydrogen (secondary N) is 1. The lowest BCUT2D eigenvalue weighted by molar-refractivity contribution is 0.786. The van der Waals surface area contributed by atoms with Gasteiger partial charge in [0.2, 0.25) is 0 Å². The van der Waals surface area contributed by atoms with Crippen LogP contribution in [0.15, 0.2) is 18.6 Å². The summed E-state index contributed by atoms with van der Waals surface area (Å²) in [6.45, 7) is 0.808. The second-order valence-corrected chi connectivity index (χ2v) is 1.73. The van der Waals surface area contributed by atoms with Gasteiger partial charge in [-0.2, -0.15) is 0 Å². The third kappa shape index (κ3) is 2.75. The van der Waals surface area contributed by atoms with Crippen molar-refractivity contribution in [1.29, 1.82) is 0 Å². The Kier molecular flexibility index (Phi) is 4.80. The summed E-state index contributed by atoms with van der Waals surface area (Å²) in [4.78, 5) is 7.78. The van der Waals surface area contributed by atoms with Crippen molar-refractivity contribution >= 4 is 12.4 Å². The van der Waals surface area contributed by atoms with Gasteiger partial charge in [0.1, 0.15) is 6.33 Å². The lowest BCUT2D eigenvalue weighted by Crippen LogP contribution is -2.06. The molecule has 0 unspecified atom stereocenters. The van der Waals surface area contributed by atoms with Crippen molar-refractivity contribution in [2.45, 2.75) is 6.54 Å². The Balaban J connectivity index is 0.000000810. The van der Waals surface area contributed by atoms with Crippen molar-refractivity contribution in [1.82, 2.24) is 15.3 Å². The van der Waals surface area contributed by atoms with Crippen LogP contribution in [-0.2, 0) is 6.54 Å². The molecule has 1 heterocycles. The van der Waals surface area contributed by atoms with Crippen LogP contribution in [0.25, 0.3) is 0 Å². The largest absolute Gasteiger partial charge is 0.314 e. The van der Waals surface area contributed by atoms with Gasteiger partial charge in [0, 0.05) is 12.7 Å². The van der Waals surface area contributed by atoms with Crippen LogP contribution < -0.4 is 5.32 Å². The van der Waals surface area contributed by atoms with E-state index < -0.39 is 0 Å². The summed E-state index contributed by atoms with van der Waals surface area (Å²) in [6.07, 6.45) is 3.28. The van der Waals surface area contributed by atoms with Gasteiger partial charge in [0.15, 0.2) is 0 Å². The van der Waals surface area contributed by atoms with E-state index in [0.29, 0.717) is 0 Å². The Morgan fingerprint density at radius 3 is 2.90 bits per heavy atom. The number of rotatable bonds is 2. The molecule has 1 aromatic rings. The van der Waals surface area contributed by atoms with Gasteiger partial charge in [-0.1, -0.05) is 0 Å². The van der Waals surface area contributed by atoms with Crippen molar-refractivity contribution in [3.05, 3.63) is 24.3 Å². The van der Waals surface area contributed by atoms with Crippen molar-refractivity contribution in [3.8, 4) is 0 Å². The van der Waals surface area contributed by atoms with E-state index in [2.05, 4.69) is 15.3 Å². The van der Waals surface area contributed by atoms with Gasteiger partial charge >= 0.3 is 0 Å². The summed E-state index contributed by atoms with van der Waals surface area (Å²) in [6, 6.07) is 1.89. The van der Waals surface area contributed by atoms with Crippen molar-refractivity contribution in [2.75, 3.05) is 7.05 Å². The van der Waals surface area contributed by atoms with Gasteiger partial charge in [0.05, 0.1) is 5.69 Å². The molecule has 1 N–H and O–H groups in total. The smallest absolute Gasteiger partial charge is 0.115 e. The van der Waals surface area contributed by atoms with Crippen LogP contribution in [0.1, 0.15) is 5.69 Å². The minimum atomic E-state index is 0. The maximum Gasteiger partial charge on any atom is 0.115 e. The first-order chi connectivity index (χ1) is 4.43. The molecule has 0 fully saturated rings. The van der Waals surface area contributed by atoms with E-state index >= 15 is 0 Å². The van der Waals surface area contributed by atoms with Crippen LogP contribution in [0.2, 0.25) is 0 Å². The highest BCUT2D eigenvalue weighted by Gasteiger charge is 1.86. The SMILES string of the molecule is CNCc1ccncn1.Cl. The van der Waals surface area contributed by atoms with Crippen LogP contribution in [0.5, 0.6) is 0 Å². The molecule has 0 spiro atoms. The quantitative estimate of drug-likeness (QED) is 0.688. The summed E-state index contributed by atoms with van der Waals surface area (Å²) in [5, 5.41) is 2.99.